The van der Waals surface area contributed by atoms with Crippen LogP contribution in [0.5, 0.6) is 11.5 Å². The summed E-state index contributed by atoms with van der Waals surface area (Å²) >= 11 is 0. The molecule has 23 heavy (non-hydrogen) atoms. The Morgan fingerprint density at radius 2 is 2.13 bits per heavy atom. The summed E-state index contributed by atoms with van der Waals surface area (Å²) in [6.45, 7) is 5.03. The number of esters is 1. The maximum atomic E-state index is 12.2. The summed E-state index contributed by atoms with van der Waals surface area (Å²) < 4.78 is 15.7. The Balaban J connectivity index is 2.06. The summed E-state index contributed by atoms with van der Waals surface area (Å²) in [6.07, 6.45) is 3.30. The standard InChI is InChI=1S/C17H21NO5/c1-12-11-18(8-9-22-12)17(20)7-5-14-4-6-15(23-13(2)19)16(10-14)21-3/h4-7,10,12H,8-9,11H2,1-3H3/b7-5+. The average Bonchev–Trinajstić information content (AvgIpc) is 2.53. The fourth-order valence-electron chi connectivity index (χ4n) is 2.32. The smallest absolute Gasteiger partial charge is 0.308 e. The van der Waals surface area contributed by atoms with Crippen molar-refractivity contribution in [1.29, 1.82) is 0 Å². The van der Waals surface area contributed by atoms with E-state index in [0.29, 0.717) is 31.2 Å². The van der Waals surface area contributed by atoms with Crippen LogP contribution in [0.25, 0.3) is 6.08 Å². The van der Waals surface area contributed by atoms with Crippen molar-refractivity contribution in [3.05, 3.63) is 29.8 Å². The van der Waals surface area contributed by atoms with E-state index in [9.17, 15) is 9.59 Å². The Hall–Kier alpha value is -2.34. The first-order valence-corrected chi connectivity index (χ1v) is 7.44. The number of benzene rings is 1. The van der Waals surface area contributed by atoms with E-state index in [1.165, 1.54) is 20.1 Å². The summed E-state index contributed by atoms with van der Waals surface area (Å²) in [4.78, 5) is 25.0. The molecule has 124 valence electrons. The summed E-state index contributed by atoms with van der Waals surface area (Å²) in [7, 11) is 1.50. The molecule has 0 saturated carbocycles. The third kappa shape index (κ3) is 4.82. The molecule has 0 bridgehead atoms. The van der Waals surface area contributed by atoms with Crippen molar-refractivity contribution in [1.82, 2.24) is 4.90 Å². The minimum atomic E-state index is -0.414. The lowest BCUT2D eigenvalue weighted by Gasteiger charge is -2.30. The van der Waals surface area contributed by atoms with Crippen LogP contribution in [-0.4, -0.2) is 49.7 Å². The van der Waals surface area contributed by atoms with Crippen molar-refractivity contribution in [2.45, 2.75) is 20.0 Å². The Labute approximate surface area is 135 Å². The van der Waals surface area contributed by atoms with Crippen LogP contribution in [-0.2, 0) is 14.3 Å². The van der Waals surface area contributed by atoms with Gasteiger partial charge in [-0.2, -0.15) is 0 Å². The number of nitrogens with zero attached hydrogens (tertiary/aromatic N) is 1. The molecule has 0 N–H and O–H groups in total. The number of amides is 1. The zero-order valence-corrected chi connectivity index (χ0v) is 13.6. The first kappa shape index (κ1) is 17.0. The van der Waals surface area contributed by atoms with Crippen LogP contribution in [0.1, 0.15) is 19.4 Å². The van der Waals surface area contributed by atoms with Crippen LogP contribution in [0.15, 0.2) is 24.3 Å². The molecule has 1 aromatic rings. The Kier molecular flexibility index (Phi) is 5.76. The quantitative estimate of drug-likeness (QED) is 0.482. The molecule has 1 heterocycles. The molecule has 6 heteroatoms. The predicted octanol–water partition coefficient (Wildman–Crippen LogP) is 1.88. The van der Waals surface area contributed by atoms with Gasteiger partial charge in [-0.3, -0.25) is 9.59 Å². The number of carbonyl (C=O) groups is 2. The highest BCUT2D eigenvalue weighted by Gasteiger charge is 2.19. The number of hydrogen-bond acceptors (Lipinski definition) is 5. The van der Waals surface area contributed by atoms with E-state index in [0.717, 1.165) is 5.56 Å². The van der Waals surface area contributed by atoms with Crippen molar-refractivity contribution in [3.63, 3.8) is 0 Å². The van der Waals surface area contributed by atoms with Gasteiger partial charge in [0.2, 0.25) is 5.91 Å². The molecule has 0 aromatic heterocycles. The topological polar surface area (TPSA) is 65.1 Å². The van der Waals surface area contributed by atoms with Gasteiger partial charge in [0.05, 0.1) is 19.8 Å². The minimum Gasteiger partial charge on any atom is -0.493 e. The SMILES string of the molecule is COc1cc(/C=C/C(=O)N2CCOC(C)C2)ccc1OC(C)=O. The molecule has 0 spiro atoms. The van der Waals surface area contributed by atoms with Gasteiger partial charge in [-0.25, -0.2) is 0 Å². The summed E-state index contributed by atoms with van der Waals surface area (Å²) in [6, 6.07) is 5.11. The van der Waals surface area contributed by atoms with Gasteiger partial charge < -0.3 is 19.1 Å². The van der Waals surface area contributed by atoms with E-state index < -0.39 is 5.97 Å². The van der Waals surface area contributed by atoms with Crippen LogP contribution in [0.4, 0.5) is 0 Å². The number of carbonyl (C=O) groups excluding carboxylic acids is 2. The predicted molar refractivity (Wildman–Crippen MR) is 85.3 cm³/mol. The zero-order chi connectivity index (χ0) is 16.8. The highest BCUT2D eigenvalue weighted by Crippen LogP contribution is 2.28. The van der Waals surface area contributed by atoms with Crippen LogP contribution in [0.3, 0.4) is 0 Å². The molecule has 1 aliphatic heterocycles. The Bertz CT molecular complexity index is 611. The van der Waals surface area contributed by atoms with Crippen molar-refractivity contribution in [3.8, 4) is 11.5 Å². The van der Waals surface area contributed by atoms with Gasteiger partial charge in [-0.1, -0.05) is 6.07 Å². The van der Waals surface area contributed by atoms with Crippen LogP contribution in [0, 0.1) is 0 Å². The summed E-state index contributed by atoms with van der Waals surface area (Å²) in [5, 5.41) is 0. The van der Waals surface area contributed by atoms with Gasteiger partial charge >= 0.3 is 5.97 Å². The van der Waals surface area contributed by atoms with Gasteiger partial charge in [0.1, 0.15) is 0 Å². The molecule has 1 atom stereocenters. The van der Waals surface area contributed by atoms with Gasteiger partial charge in [0, 0.05) is 26.1 Å². The normalized spacial score (nSPS) is 18.0. The van der Waals surface area contributed by atoms with Crippen LogP contribution < -0.4 is 9.47 Å². The molecule has 6 nitrogen and oxygen atoms in total. The van der Waals surface area contributed by atoms with Gasteiger partial charge in [-0.05, 0) is 30.7 Å². The van der Waals surface area contributed by atoms with Gasteiger partial charge in [0.25, 0.3) is 0 Å². The fourth-order valence-corrected chi connectivity index (χ4v) is 2.32. The molecule has 1 saturated heterocycles. The third-order valence-electron chi connectivity index (χ3n) is 3.41. The first-order chi connectivity index (χ1) is 11.0. The molecule has 1 amide bonds. The summed E-state index contributed by atoms with van der Waals surface area (Å²) in [5.74, 6) is 0.326. The number of hydrogen-bond donors (Lipinski definition) is 0. The number of methoxy groups -OCH3 is 1. The van der Waals surface area contributed by atoms with E-state index in [1.807, 2.05) is 6.92 Å². The second-order valence-corrected chi connectivity index (χ2v) is 5.30. The van der Waals surface area contributed by atoms with Gasteiger partial charge in [-0.15, -0.1) is 0 Å². The summed E-state index contributed by atoms with van der Waals surface area (Å²) in [5.41, 5.74) is 0.785. The minimum absolute atomic E-state index is 0.0526. The Morgan fingerprint density at radius 3 is 2.78 bits per heavy atom. The average molecular weight is 319 g/mol. The van der Waals surface area contributed by atoms with E-state index in [2.05, 4.69) is 0 Å². The molecule has 1 fully saturated rings. The number of morpholine rings is 1. The molecule has 1 aliphatic rings. The molecular weight excluding hydrogens is 298 g/mol. The van der Waals surface area contributed by atoms with Crippen molar-refractivity contribution in [2.24, 2.45) is 0 Å². The van der Waals surface area contributed by atoms with Crippen molar-refractivity contribution < 1.29 is 23.8 Å². The monoisotopic (exact) mass is 319 g/mol. The lowest BCUT2D eigenvalue weighted by Crippen LogP contribution is -2.43. The highest BCUT2D eigenvalue weighted by molar-refractivity contribution is 5.92. The Morgan fingerprint density at radius 1 is 1.35 bits per heavy atom. The van der Waals surface area contributed by atoms with Gasteiger partial charge in [0.15, 0.2) is 11.5 Å². The molecule has 1 aromatic carbocycles. The van der Waals surface area contributed by atoms with Crippen LogP contribution in [0.2, 0.25) is 0 Å². The zero-order valence-electron chi connectivity index (χ0n) is 13.6. The van der Waals surface area contributed by atoms with Crippen molar-refractivity contribution in [2.75, 3.05) is 26.8 Å². The lowest BCUT2D eigenvalue weighted by atomic mass is 10.2. The molecule has 1 unspecified atom stereocenters. The molecule has 0 aliphatic carbocycles. The lowest BCUT2D eigenvalue weighted by molar-refractivity contribution is -0.133. The van der Waals surface area contributed by atoms with E-state index in [1.54, 1.807) is 29.2 Å². The van der Waals surface area contributed by atoms with E-state index in [4.69, 9.17) is 14.2 Å². The number of rotatable bonds is 4. The van der Waals surface area contributed by atoms with E-state index >= 15 is 0 Å². The fraction of sp³-hybridized carbons (Fsp3) is 0.412. The largest absolute Gasteiger partial charge is 0.493 e. The van der Waals surface area contributed by atoms with Crippen LogP contribution >= 0.6 is 0 Å². The molecule has 2 rings (SSSR count). The first-order valence-electron chi connectivity index (χ1n) is 7.44. The maximum absolute atomic E-state index is 12.2. The second kappa shape index (κ2) is 7.78. The number of ether oxygens (including phenoxy) is 3. The van der Waals surface area contributed by atoms with Crippen molar-refractivity contribution >= 4 is 18.0 Å². The highest BCUT2D eigenvalue weighted by atomic mass is 16.6. The van der Waals surface area contributed by atoms with E-state index in [-0.39, 0.29) is 12.0 Å². The maximum Gasteiger partial charge on any atom is 0.308 e. The third-order valence-corrected chi connectivity index (χ3v) is 3.41. The molecule has 0 radical (unpaired) electrons. The molecular formula is C17H21NO5. The second-order valence-electron chi connectivity index (χ2n) is 5.30.